The first kappa shape index (κ1) is 31.8. The van der Waals surface area contributed by atoms with E-state index in [-0.39, 0.29) is 81.1 Å². The molecule has 0 spiro atoms. The van der Waals surface area contributed by atoms with Crippen LogP contribution in [0.5, 0.6) is 0 Å². The second-order valence-electron chi connectivity index (χ2n) is 8.70. The summed E-state index contributed by atoms with van der Waals surface area (Å²) in [7, 11) is -4.06. The molecule has 0 bridgehead atoms. The van der Waals surface area contributed by atoms with E-state index in [4.69, 9.17) is 5.73 Å². The normalized spacial score (nSPS) is 12.2. The van der Waals surface area contributed by atoms with E-state index in [0.29, 0.717) is 37.9 Å². The van der Waals surface area contributed by atoms with Crippen LogP contribution >= 0.6 is 0 Å². The van der Waals surface area contributed by atoms with Gasteiger partial charge in [-0.05, 0) is 61.4 Å². The van der Waals surface area contributed by atoms with E-state index in [0.717, 1.165) is 9.87 Å². The molecule has 0 aliphatic carbocycles. The first-order valence-corrected chi connectivity index (χ1v) is 12.9. The van der Waals surface area contributed by atoms with Gasteiger partial charge in [-0.15, -0.1) is 0 Å². The number of aryl methyl sites for hydroxylation is 1. The van der Waals surface area contributed by atoms with Gasteiger partial charge in [-0.2, -0.15) is 4.31 Å². The van der Waals surface area contributed by atoms with Crippen molar-refractivity contribution in [2.75, 3.05) is 18.8 Å². The Balaban J connectivity index is 0.00000612. The molecule has 0 radical (unpaired) electrons. The SMILES string of the molecule is CC(C)CN([C@@H](CCCCNC(=O)CCc1ccccc1)C(=O)[O-])S(=O)(=O)c1ccc(N)cc1.[K+]. The fraction of sp³-hybridized carbons (Fsp3) is 0.440. The predicted octanol–water partition coefficient (Wildman–Crippen LogP) is -1.04. The maximum Gasteiger partial charge on any atom is 1.00 e. The minimum absolute atomic E-state index is 0. The number of carboxylic acid groups (broad SMARTS) is 1. The molecule has 0 aliphatic heterocycles. The van der Waals surface area contributed by atoms with Gasteiger partial charge < -0.3 is 21.0 Å². The average molecular weight is 528 g/mol. The number of nitrogens with zero attached hydrogens (tertiary/aromatic N) is 1. The number of amides is 1. The second-order valence-corrected chi connectivity index (χ2v) is 10.6. The standard InChI is InChI=1S/C25H35N3O5S.K/c1-19(2)18-28(34(32,33)22-14-12-21(26)13-15-22)23(25(30)31)10-6-7-17-27-24(29)16-11-20-8-4-3-5-9-20;/h3-5,8-9,12-15,19,23H,6-7,10-11,16-18,26H2,1-2H3,(H,27,29)(H,30,31);/q;+1/p-1/t23-;/m0./s1. The second kappa shape index (κ2) is 15.8. The number of carboxylic acids is 1. The van der Waals surface area contributed by atoms with E-state index in [2.05, 4.69) is 5.32 Å². The Bertz CT molecular complexity index is 1030. The molecule has 2 rings (SSSR count). The van der Waals surface area contributed by atoms with Crippen molar-refractivity contribution < 1.29 is 74.5 Å². The Morgan fingerprint density at radius 2 is 1.66 bits per heavy atom. The minimum atomic E-state index is -4.06. The van der Waals surface area contributed by atoms with Crippen molar-refractivity contribution in [2.45, 2.75) is 56.9 Å². The molecule has 0 aliphatic rings. The van der Waals surface area contributed by atoms with E-state index < -0.39 is 22.0 Å². The zero-order valence-corrected chi connectivity index (χ0v) is 24.7. The van der Waals surface area contributed by atoms with Gasteiger partial charge in [0.15, 0.2) is 0 Å². The Morgan fingerprint density at radius 1 is 1.03 bits per heavy atom. The fourth-order valence-electron chi connectivity index (χ4n) is 3.59. The molecule has 8 nitrogen and oxygen atoms in total. The van der Waals surface area contributed by atoms with Crippen LogP contribution in [0.2, 0.25) is 0 Å². The fourth-order valence-corrected chi connectivity index (χ4v) is 5.36. The maximum absolute atomic E-state index is 13.2. The quantitative estimate of drug-likeness (QED) is 0.183. The molecule has 0 saturated carbocycles. The molecule has 2 aromatic rings. The molecular formula is C25H34KN3O5S. The van der Waals surface area contributed by atoms with Gasteiger partial charge in [-0.1, -0.05) is 44.2 Å². The van der Waals surface area contributed by atoms with Crippen LogP contribution in [-0.2, 0) is 26.0 Å². The van der Waals surface area contributed by atoms with Crippen LogP contribution in [0.15, 0.2) is 59.5 Å². The number of anilines is 1. The van der Waals surface area contributed by atoms with E-state index in [1.807, 2.05) is 44.2 Å². The number of benzene rings is 2. The summed E-state index contributed by atoms with van der Waals surface area (Å²) in [6.07, 6.45) is 2.05. The summed E-state index contributed by atoms with van der Waals surface area (Å²) >= 11 is 0. The molecule has 3 N–H and O–H groups in total. The number of unbranched alkanes of at least 4 members (excludes halogenated alkanes) is 1. The molecule has 1 amide bonds. The third-order valence-corrected chi connectivity index (χ3v) is 7.25. The number of rotatable bonds is 14. The molecular weight excluding hydrogens is 493 g/mol. The van der Waals surface area contributed by atoms with E-state index in [9.17, 15) is 23.1 Å². The molecule has 0 saturated heterocycles. The third kappa shape index (κ3) is 10.7. The molecule has 0 fully saturated rings. The summed E-state index contributed by atoms with van der Waals surface area (Å²) in [6.45, 7) is 4.08. The summed E-state index contributed by atoms with van der Waals surface area (Å²) in [4.78, 5) is 24.0. The molecule has 2 aromatic carbocycles. The Labute approximate surface area is 251 Å². The van der Waals surface area contributed by atoms with Crippen LogP contribution in [0.1, 0.15) is 45.1 Å². The van der Waals surface area contributed by atoms with Crippen molar-refractivity contribution in [1.29, 1.82) is 0 Å². The Hall–Kier alpha value is -1.27. The molecule has 0 aromatic heterocycles. The van der Waals surface area contributed by atoms with Crippen LogP contribution in [-0.4, -0.2) is 43.7 Å². The number of nitrogen functional groups attached to an aromatic ring is 1. The number of hydrogen-bond acceptors (Lipinski definition) is 6. The van der Waals surface area contributed by atoms with E-state index in [1.54, 1.807) is 0 Å². The number of nitrogens with two attached hydrogens (primary N) is 1. The van der Waals surface area contributed by atoms with Gasteiger partial charge in [0.1, 0.15) is 0 Å². The van der Waals surface area contributed by atoms with Crippen molar-refractivity contribution in [2.24, 2.45) is 5.92 Å². The zero-order chi connectivity index (χ0) is 25.1. The molecule has 35 heavy (non-hydrogen) atoms. The average Bonchev–Trinajstić information content (AvgIpc) is 2.79. The summed E-state index contributed by atoms with van der Waals surface area (Å²) in [5, 5.41) is 14.8. The van der Waals surface area contributed by atoms with Crippen molar-refractivity contribution >= 4 is 27.6 Å². The van der Waals surface area contributed by atoms with Gasteiger partial charge >= 0.3 is 51.4 Å². The van der Waals surface area contributed by atoms with Gasteiger partial charge in [0.05, 0.1) is 16.9 Å². The summed E-state index contributed by atoms with van der Waals surface area (Å²) in [5.74, 6) is -1.60. The Kier molecular flexibility index (Phi) is 14.3. The summed E-state index contributed by atoms with van der Waals surface area (Å²) in [6, 6.07) is 14.1. The topological polar surface area (TPSA) is 133 Å². The van der Waals surface area contributed by atoms with Gasteiger partial charge in [0.25, 0.3) is 0 Å². The monoisotopic (exact) mass is 527 g/mol. The van der Waals surface area contributed by atoms with Gasteiger partial charge in [-0.3, -0.25) is 4.79 Å². The summed E-state index contributed by atoms with van der Waals surface area (Å²) in [5.41, 5.74) is 7.16. The van der Waals surface area contributed by atoms with E-state index in [1.165, 1.54) is 24.3 Å². The molecule has 10 heteroatoms. The Morgan fingerprint density at radius 3 is 2.23 bits per heavy atom. The number of carbonyl (C=O) groups is 2. The minimum Gasteiger partial charge on any atom is -0.548 e. The van der Waals surface area contributed by atoms with Crippen molar-refractivity contribution in [3.63, 3.8) is 0 Å². The van der Waals surface area contributed by atoms with Crippen LogP contribution in [0.4, 0.5) is 5.69 Å². The molecule has 0 heterocycles. The number of carbonyl (C=O) groups excluding carboxylic acids is 2. The van der Waals surface area contributed by atoms with E-state index >= 15 is 0 Å². The first-order valence-electron chi connectivity index (χ1n) is 11.5. The smallest absolute Gasteiger partial charge is 0.548 e. The van der Waals surface area contributed by atoms with Gasteiger partial charge in [-0.25, -0.2) is 8.42 Å². The number of nitrogens with one attached hydrogen (secondary N) is 1. The first-order chi connectivity index (χ1) is 16.1. The molecule has 1 atom stereocenters. The van der Waals surface area contributed by atoms with Crippen LogP contribution in [0, 0.1) is 5.92 Å². The molecule has 0 unspecified atom stereocenters. The predicted molar refractivity (Wildman–Crippen MR) is 130 cm³/mol. The number of hydrogen-bond donors (Lipinski definition) is 2. The van der Waals surface area contributed by atoms with Crippen molar-refractivity contribution in [1.82, 2.24) is 9.62 Å². The van der Waals surface area contributed by atoms with Crippen molar-refractivity contribution in [3.8, 4) is 0 Å². The van der Waals surface area contributed by atoms with Crippen LogP contribution in [0.25, 0.3) is 0 Å². The third-order valence-electron chi connectivity index (χ3n) is 5.36. The van der Waals surface area contributed by atoms with Crippen LogP contribution in [0.3, 0.4) is 0 Å². The largest absolute Gasteiger partial charge is 1.00 e. The summed E-state index contributed by atoms with van der Waals surface area (Å²) < 4.78 is 27.5. The van der Waals surface area contributed by atoms with Gasteiger partial charge in [0.2, 0.25) is 15.9 Å². The van der Waals surface area contributed by atoms with Gasteiger partial charge in [0, 0.05) is 25.2 Å². The van der Waals surface area contributed by atoms with Crippen LogP contribution < -0.4 is 67.5 Å². The zero-order valence-electron chi connectivity index (χ0n) is 20.8. The number of sulfonamides is 1. The van der Waals surface area contributed by atoms with Crippen molar-refractivity contribution in [3.05, 3.63) is 60.2 Å². The number of aliphatic carboxylic acids is 1. The molecule has 186 valence electrons. The maximum atomic E-state index is 13.2.